The van der Waals surface area contributed by atoms with Crippen LogP contribution in [0.2, 0.25) is 0 Å². The molecule has 3 heterocycles. The molecule has 162 valence electrons. The zero-order valence-corrected chi connectivity index (χ0v) is 18.6. The number of benzene rings is 1. The average Bonchev–Trinajstić information content (AvgIpc) is 3.19. The van der Waals surface area contributed by atoms with Gasteiger partial charge in [-0.2, -0.15) is 5.10 Å². The van der Waals surface area contributed by atoms with Crippen LogP contribution < -0.4 is 9.64 Å². The van der Waals surface area contributed by atoms with E-state index in [9.17, 15) is 4.79 Å². The topological polar surface area (TPSA) is 63.5 Å². The Labute approximate surface area is 183 Å². The van der Waals surface area contributed by atoms with E-state index in [0.717, 1.165) is 48.0 Å². The molecule has 0 radical (unpaired) electrons. The number of hydrogen-bond acceptors (Lipinski definition) is 5. The maximum absolute atomic E-state index is 12.9. The highest BCUT2D eigenvalue weighted by Crippen LogP contribution is 2.31. The summed E-state index contributed by atoms with van der Waals surface area (Å²) in [5.41, 5.74) is 3.62. The molecule has 1 fully saturated rings. The summed E-state index contributed by atoms with van der Waals surface area (Å²) in [5.74, 6) is 1.77. The van der Waals surface area contributed by atoms with Crippen LogP contribution in [-0.2, 0) is 7.05 Å². The number of nitrogens with zero attached hydrogens (tertiary/aromatic N) is 5. The molecule has 0 saturated carbocycles. The van der Waals surface area contributed by atoms with Crippen molar-refractivity contribution in [2.75, 3.05) is 32.1 Å². The monoisotopic (exact) mass is 419 g/mol. The highest BCUT2D eigenvalue weighted by atomic mass is 16.5. The summed E-state index contributed by atoms with van der Waals surface area (Å²) < 4.78 is 7.75. The Balaban J connectivity index is 1.51. The van der Waals surface area contributed by atoms with E-state index >= 15 is 0 Å². The number of pyridine rings is 1. The van der Waals surface area contributed by atoms with E-state index < -0.39 is 0 Å². The minimum absolute atomic E-state index is 0.0230. The van der Waals surface area contributed by atoms with Gasteiger partial charge in [-0.15, -0.1) is 0 Å². The Hall–Kier alpha value is -3.35. The van der Waals surface area contributed by atoms with Crippen molar-refractivity contribution in [3.63, 3.8) is 0 Å². The molecule has 1 aliphatic rings. The summed E-state index contributed by atoms with van der Waals surface area (Å²) in [4.78, 5) is 21.7. The standard InChI is InChI=1S/C24H29N5O2/c1-17-14-21(31-20-9-7-19(8-10-20)27(2)3)15-22(26-17)18-6-5-13-29(16-18)24(30)23-11-12-25-28(23)4/h7-12,14-15,18H,5-6,13,16H2,1-4H3/t18-/m0/s1. The number of carbonyl (C=O) groups excluding carboxylic acids is 1. The zero-order valence-electron chi connectivity index (χ0n) is 18.6. The van der Waals surface area contributed by atoms with Crippen LogP contribution in [0.4, 0.5) is 5.69 Å². The maximum atomic E-state index is 12.9. The third kappa shape index (κ3) is 4.71. The highest BCUT2D eigenvalue weighted by molar-refractivity contribution is 5.92. The van der Waals surface area contributed by atoms with Gasteiger partial charge >= 0.3 is 0 Å². The number of aryl methyl sites for hydroxylation is 2. The van der Waals surface area contributed by atoms with E-state index in [2.05, 4.69) is 10.00 Å². The van der Waals surface area contributed by atoms with Crippen LogP contribution >= 0.6 is 0 Å². The highest BCUT2D eigenvalue weighted by Gasteiger charge is 2.28. The lowest BCUT2D eigenvalue weighted by Crippen LogP contribution is -2.40. The Morgan fingerprint density at radius 2 is 1.90 bits per heavy atom. The van der Waals surface area contributed by atoms with Crippen molar-refractivity contribution in [2.45, 2.75) is 25.7 Å². The number of ether oxygens (including phenoxy) is 1. The summed E-state index contributed by atoms with van der Waals surface area (Å²) in [6, 6.07) is 13.7. The van der Waals surface area contributed by atoms with Crippen molar-refractivity contribution in [2.24, 2.45) is 7.05 Å². The molecule has 0 aliphatic carbocycles. The average molecular weight is 420 g/mol. The van der Waals surface area contributed by atoms with E-state index in [-0.39, 0.29) is 11.8 Å². The molecule has 2 aromatic heterocycles. The lowest BCUT2D eigenvalue weighted by atomic mass is 9.93. The maximum Gasteiger partial charge on any atom is 0.272 e. The first-order chi connectivity index (χ1) is 14.9. The van der Waals surface area contributed by atoms with Crippen molar-refractivity contribution in [1.29, 1.82) is 0 Å². The molecule has 0 N–H and O–H groups in total. The Morgan fingerprint density at radius 3 is 2.58 bits per heavy atom. The predicted octanol–water partition coefficient (Wildman–Crippen LogP) is 4.00. The fourth-order valence-electron chi connectivity index (χ4n) is 4.03. The molecule has 3 aromatic rings. The van der Waals surface area contributed by atoms with Crippen LogP contribution in [0.1, 0.15) is 40.6 Å². The van der Waals surface area contributed by atoms with Crippen molar-refractivity contribution in [1.82, 2.24) is 19.7 Å². The molecule has 7 heteroatoms. The van der Waals surface area contributed by atoms with Gasteiger partial charge in [-0.3, -0.25) is 14.5 Å². The Kier molecular flexibility index (Phi) is 5.93. The minimum atomic E-state index is 0.0230. The van der Waals surface area contributed by atoms with E-state index in [0.29, 0.717) is 12.2 Å². The fourth-order valence-corrected chi connectivity index (χ4v) is 4.03. The van der Waals surface area contributed by atoms with Gasteiger partial charge in [-0.25, -0.2) is 0 Å². The molecule has 0 unspecified atom stereocenters. The van der Waals surface area contributed by atoms with Gasteiger partial charge in [0, 0.05) is 75.6 Å². The van der Waals surface area contributed by atoms with Crippen LogP contribution in [0.3, 0.4) is 0 Å². The smallest absolute Gasteiger partial charge is 0.272 e. The molecule has 0 spiro atoms. The minimum Gasteiger partial charge on any atom is -0.457 e. The Morgan fingerprint density at radius 1 is 1.13 bits per heavy atom. The van der Waals surface area contributed by atoms with Gasteiger partial charge in [0.05, 0.1) is 0 Å². The molecule has 0 bridgehead atoms. The van der Waals surface area contributed by atoms with E-state index in [1.54, 1.807) is 24.0 Å². The second-order valence-corrected chi connectivity index (χ2v) is 8.29. The quantitative estimate of drug-likeness (QED) is 0.625. The van der Waals surface area contributed by atoms with Gasteiger partial charge < -0.3 is 14.5 Å². The van der Waals surface area contributed by atoms with Crippen molar-refractivity contribution in [3.8, 4) is 11.5 Å². The van der Waals surface area contributed by atoms with Crippen molar-refractivity contribution < 1.29 is 9.53 Å². The number of anilines is 1. The third-order valence-corrected chi connectivity index (χ3v) is 5.70. The molecule has 31 heavy (non-hydrogen) atoms. The lowest BCUT2D eigenvalue weighted by molar-refractivity contribution is 0.0694. The predicted molar refractivity (Wildman–Crippen MR) is 121 cm³/mol. The number of likely N-dealkylation sites (tertiary alicyclic amines) is 1. The van der Waals surface area contributed by atoms with Crippen LogP contribution in [-0.4, -0.2) is 52.8 Å². The van der Waals surface area contributed by atoms with Crippen LogP contribution in [0.25, 0.3) is 0 Å². The molecule has 4 rings (SSSR count). The largest absolute Gasteiger partial charge is 0.457 e. The number of aromatic nitrogens is 3. The van der Waals surface area contributed by atoms with Gasteiger partial charge in [0.25, 0.3) is 5.91 Å². The fraction of sp³-hybridized carbons (Fsp3) is 0.375. The summed E-state index contributed by atoms with van der Waals surface area (Å²) in [6.45, 7) is 3.39. The van der Waals surface area contributed by atoms with E-state index in [4.69, 9.17) is 9.72 Å². The van der Waals surface area contributed by atoms with Crippen LogP contribution in [0, 0.1) is 6.92 Å². The first-order valence-corrected chi connectivity index (χ1v) is 10.6. The third-order valence-electron chi connectivity index (χ3n) is 5.70. The van der Waals surface area contributed by atoms with Gasteiger partial charge in [0.15, 0.2) is 0 Å². The lowest BCUT2D eigenvalue weighted by Gasteiger charge is -2.32. The molecule has 1 saturated heterocycles. The second kappa shape index (κ2) is 8.79. The second-order valence-electron chi connectivity index (χ2n) is 8.29. The molecule has 1 aliphatic heterocycles. The van der Waals surface area contributed by atoms with E-state index in [1.165, 1.54) is 0 Å². The SMILES string of the molecule is Cc1cc(Oc2ccc(N(C)C)cc2)cc([C@H]2CCCN(C(=O)c3ccnn3C)C2)n1. The molecule has 1 atom stereocenters. The number of rotatable bonds is 5. The summed E-state index contributed by atoms with van der Waals surface area (Å²) in [5, 5.41) is 4.13. The summed E-state index contributed by atoms with van der Waals surface area (Å²) >= 11 is 0. The van der Waals surface area contributed by atoms with Gasteiger partial charge in [-0.05, 0) is 50.1 Å². The van der Waals surface area contributed by atoms with Crippen molar-refractivity contribution in [3.05, 3.63) is 65.7 Å². The number of hydrogen-bond donors (Lipinski definition) is 0. The first-order valence-electron chi connectivity index (χ1n) is 10.6. The molecular formula is C24H29N5O2. The molecule has 1 aromatic carbocycles. The van der Waals surface area contributed by atoms with Crippen molar-refractivity contribution >= 4 is 11.6 Å². The number of amides is 1. The Bertz CT molecular complexity index is 1060. The summed E-state index contributed by atoms with van der Waals surface area (Å²) in [6.07, 6.45) is 3.61. The zero-order chi connectivity index (χ0) is 22.0. The number of piperidine rings is 1. The molecule has 7 nitrogen and oxygen atoms in total. The first kappa shape index (κ1) is 20.9. The van der Waals surface area contributed by atoms with Gasteiger partial charge in [0.1, 0.15) is 17.2 Å². The molecule has 1 amide bonds. The number of carbonyl (C=O) groups is 1. The summed E-state index contributed by atoms with van der Waals surface area (Å²) in [7, 11) is 5.83. The molecular weight excluding hydrogens is 390 g/mol. The van der Waals surface area contributed by atoms with E-state index in [1.807, 2.05) is 62.3 Å². The van der Waals surface area contributed by atoms with Gasteiger partial charge in [0.2, 0.25) is 0 Å². The normalized spacial score (nSPS) is 16.3. The van der Waals surface area contributed by atoms with Gasteiger partial charge in [-0.1, -0.05) is 0 Å². The van der Waals surface area contributed by atoms with Crippen LogP contribution in [0.15, 0.2) is 48.7 Å². The van der Waals surface area contributed by atoms with Crippen LogP contribution in [0.5, 0.6) is 11.5 Å².